The largest absolute Gasteiger partial charge is 0.480 e. The summed E-state index contributed by atoms with van der Waals surface area (Å²) < 4.78 is 0. The van der Waals surface area contributed by atoms with E-state index < -0.39 is 54.5 Å². The van der Waals surface area contributed by atoms with E-state index in [1.165, 1.54) is 6.92 Å². The number of carbonyl (C=O) groups excluding carboxylic acids is 3. The third-order valence-electron chi connectivity index (χ3n) is 4.76. The third kappa shape index (κ3) is 10.3. The maximum atomic E-state index is 12.9. The topological polar surface area (TPSA) is 235 Å². The van der Waals surface area contributed by atoms with Crippen LogP contribution in [0, 0.1) is 0 Å². The number of aliphatic hydroxyl groups is 1. The Balaban J connectivity index is 2.88. The summed E-state index contributed by atoms with van der Waals surface area (Å²) >= 11 is 0. The van der Waals surface area contributed by atoms with E-state index in [1.54, 1.807) is 30.3 Å². The lowest BCUT2D eigenvalue weighted by Crippen LogP contribution is -2.58. The number of aliphatic carboxylic acids is 1. The van der Waals surface area contributed by atoms with Gasteiger partial charge in [-0.2, -0.15) is 0 Å². The van der Waals surface area contributed by atoms with Crippen LogP contribution in [0.2, 0.25) is 0 Å². The third-order valence-corrected chi connectivity index (χ3v) is 4.76. The van der Waals surface area contributed by atoms with Gasteiger partial charge in [-0.15, -0.1) is 0 Å². The second-order valence-electron chi connectivity index (χ2n) is 7.62. The molecule has 1 rings (SSSR count). The minimum absolute atomic E-state index is 0.0714. The minimum Gasteiger partial charge on any atom is -0.480 e. The number of carbonyl (C=O) groups is 4. The maximum Gasteiger partial charge on any atom is 0.325 e. The molecule has 0 aliphatic rings. The molecule has 13 nitrogen and oxygen atoms in total. The summed E-state index contributed by atoms with van der Waals surface area (Å²) in [6.07, 6.45) is 0.790. The van der Waals surface area contributed by atoms with Gasteiger partial charge in [-0.25, -0.2) is 0 Å². The summed E-state index contributed by atoms with van der Waals surface area (Å²) in [6, 6.07) is 4.13. The van der Waals surface area contributed by atoms with Gasteiger partial charge in [0.2, 0.25) is 17.7 Å². The van der Waals surface area contributed by atoms with Crippen molar-refractivity contribution in [2.75, 3.05) is 13.2 Å². The van der Waals surface area contributed by atoms with Crippen LogP contribution in [-0.2, 0) is 25.6 Å². The first-order chi connectivity index (χ1) is 16.0. The van der Waals surface area contributed by atoms with E-state index in [-0.39, 0.29) is 18.8 Å². The van der Waals surface area contributed by atoms with Crippen LogP contribution in [0.3, 0.4) is 0 Å². The Morgan fingerprint density at radius 2 is 1.56 bits per heavy atom. The average molecular weight is 480 g/mol. The fourth-order valence-electron chi connectivity index (χ4n) is 2.83. The Kier molecular flexibility index (Phi) is 12.0. The van der Waals surface area contributed by atoms with Gasteiger partial charge in [-0.1, -0.05) is 30.3 Å². The smallest absolute Gasteiger partial charge is 0.325 e. The van der Waals surface area contributed by atoms with Crippen LogP contribution in [0.5, 0.6) is 0 Å². The highest BCUT2D eigenvalue weighted by atomic mass is 16.4. The van der Waals surface area contributed by atoms with Crippen molar-refractivity contribution in [3.63, 3.8) is 0 Å². The molecule has 13 heteroatoms. The molecule has 11 N–H and O–H groups in total. The summed E-state index contributed by atoms with van der Waals surface area (Å²) in [6.45, 7) is 0.753. The second-order valence-corrected chi connectivity index (χ2v) is 7.62. The van der Waals surface area contributed by atoms with Crippen molar-refractivity contribution < 1.29 is 29.4 Å². The molecule has 0 saturated carbocycles. The number of aliphatic imine (C=N–C) groups is 1. The molecule has 0 bridgehead atoms. The fraction of sp³-hybridized carbons (Fsp3) is 0.476. The van der Waals surface area contributed by atoms with Crippen molar-refractivity contribution >= 4 is 29.7 Å². The number of aliphatic hydroxyl groups excluding tert-OH is 1. The molecule has 0 heterocycles. The van der Waals surface area contributed by atoms with Crippen LogP contribution in [0.15, 0.2) is 35.3 Å². The van der Waals surface area contributed by atoms with Crippen LogP contribution in [0.25, 0.3) is 0 Å². The molecule has 3 amide bonds. The molecule has 0 fully saturated rings. The molecule has 4 atom stereocenters. The minimum atomic E-state index is -1.42. The number of benzene rings is 1. The van der Waals surface area contributed by atoms with Gasteiger partial charge in [0.05, 0.1) is 12.6 Å². The first kappa shape index (κ1) is 28.3. The lowest BCUT2D eigenvalue weighted by atomic mass is 10.0. The highest BCUT2D eigenvalue weighted by molar-refractivity contribution is 5.94. The molecule has 0 aromatic heterocycles. The Hall–Kier alpha value is -3.71. The van der Waals surface area contributed by atoms with E-state index in [0.29, 0.717) is 13.0 Å². The standard InChI is InChI=1S/C21H33N7O6/c1-12(20(33)34)26-19(32)16(11-29)28-18(31)15(10-13-6-3-2-4-7-13)27-17(30)14(22)8-5-9-25-21(23)24/h2-4,6-7,12,14-16,29H,5,8-11,22H2,1H3,(H,26,32)(H,27,30)(H,28,31)(H,33,34)(H4,23,24,25). The summed E-state index contributed by atoms with van der Waals surface area (Å²) in [5.74, 6) is -3.57. The van der Waals surface area contributed by atoms with E-state index in [2.05, 4.69) is 20.9 Å². The highest BCUT2D eigenvalue weighted by Gasteiger charge is 2.29. The van der Waals surface area contributed by atoms with E-state index >= 15 is 0 Å². The van der Waals surface area contributed by atoms with Gasteiger partial charge >= 0.3 is 5.97 Å². The predicted octanol–water partition coefficient (Wildman–Crippen LogP) is -2.84. The zero-order chi connectivity index (χ0) is 25.7. The Labute approximate surface area is 197 Å². The van der Waals surface area contributed by atoms with Crippen molar-refractivity contribution in [1.82, 2.24) is 16.0 Å². The van der Waals surface area contributed by atoms with Crippen LogP contribution in [0.1, 0.15) is 25.3 Å². The molecule has 4 unspecified atom stereocenters. The van der Waals surface area contributed by atoms with Gasteiger partial charge < -0.3 is 43.4 Å². The van der Waals surface area contributed by atoms with Crippen LogP contribution >= 0.6 is 0 Å². The molecule has 1 aromatic rings. The summed E-state index contributed by atoms with van der Waals surface area (Å²) in [5.41, 5.74) is 17.2. The molecular formula is C21H33N7O6. The number of nitrogens with one attached hydrogen (secondary N) is 3. The first-order valence-electron chi connectivity index (χ1n) is 10.6. The molecule has 0 aliphatic heterocycles. The summed E-state index contributed by atoms with van der Waals surface area (Å²) in [5, 5.41) is 25.6. The molecule has 0 aliphatic carbocycles. The molecule has 0 spiro atoms. The molecule has 0 radical (unpaired) electrons. The lowest BCUT2D eigenvalue weighted by Gasteiger charge is -2.24. The number of carboxylic acids is 1. The van der Waals surface area contributed by atoms with Crippen molar-refractivity contribution in [3.05, 3.63) is 35.9 Å². The Bertz CT molecular complexity index is 860. The molecule has 0 saturated heterocycles. The van der Waals surface area contributed by atoms with Gasteiger partial charge in [0.25, 0.3) is 0 Å². The number of carboxylic acid groups (broad SMARTS) is 1. The van der Waals surface area contributed by atoms with Gasteiger partial charge in [0.15, 0.2) is 5.96 Å². The van der Waals surface area contributed by atoms with Crippen molar-refractivity contribution in [1.29, 1.82) is 0 Å². The number of guanidine groups is 1. The maximum absolute atomic E-state index is 12.9. The van der Waals surface area contributed by atoms with Gasteiger partial charge in [-0.05, 0) is 25.3 Å². The van der Waals surface area contributed by atoms with Crippen molar-refractivity contribution in [3.8, 4) is 0 Å². The lowest BCUT2D eigenvalue weighted by molar-refractivity contribution is -0.142. The van der Waals surface area contributed by atoms with E-state index in [4.69, 9.17) is 22.3 Å². The second kappa shape index (κ2) is 14.4. The molecular weight excluding hydrogens is 446 g/mol. The van der Waals surface area contributed by atoms with Gasteiger partial charge in [0.1, 0.15) is 18.1 Å². The number of amides is 3. The van der Waals surface area contributed by atoms with Crippen LogP contribution < -0.4 is 33.2 Å². The zero-order valence-electron chi connectivity index (χ0n) is 18.9. The van der Waals surface area contributed by atoms with Crippen molar-refractivity contribution in [2.45, 2.75) is 50.4 Å². The van der Waals surface area contributed by atoms with Gasteiger partial charge in [-0.3, -0.25) is 24.2 Å². The summed E-state index contributed by atoms with van der Waals surface area (Å²) in [4.78, 5) is 52.5. The SMILES string of the molecule is CC(NC(=O)C(CO)NC(=O)C(Cc1ccccc1)NC(=O)C(N)CCCN=C(N)N)C(=O)O. The molecule has 1 aromatic carbocycles. The van der Waals surface area contributed by atoms with Crippen LogP contribution in [-0.4, -0.2) is 77.2 Å². The quantitative estimate of drug-likeness (QED) is 0.0778. The normalized spacial score (nSPS) is 14.1. The highest BCUT2D eigenvalue weighted by Crippen LogP contribution is 2.05. The summed E-state index contributed by atoms with van der Waals surface area (Å²) in [7, 11) is 0. The first-order valence-corrected chi connectivity index (χ1v) is 10.6. The van der Waals surface area contributed by atoms with Crippen molar-refractivity contribution in [2.24, 2.45) is 22.2 Å². The predicted molar refractivity (Wildman–Crippen MR) is 124 cm³/mol. The Morgan fingerprint density at radius 1 is 0.971 bits per heavy atom. The number of nitrogens with zero attached hydrogens (tertiary/aromatic N) is 1. The molecule has 188 valence electrons. The van der Waals surface area contributed by atoms with E-state index in [9.17, 15) is 24.3 Å². The fourth-order valence-corrected chi connectivity index (χ4v) is 2.83. The van der Waals surface area contributed by atoms with Gasteiger partial charge in [0, 0.05) is 13.0 Å². The average Bonchev–Trinajstić information content (AvgIpc) is 2.79. The number of nitrogens with two attached hydrogens (primary N) is 3. The monoisotopic (exact) mass is 479 g/mol. The number of rotatable bonds is 14. The zero-order valence-corrected chi connectivity index (χ0v) is 18.9. The Morgan fingerprint density at radius 3 is 2.12 bits per heavy atom. The van der Waals surface area contributed by atoms with E-state index in [0.717, 1.165) is 5.56 Å². The number of hydrogen-bond acceptors (Lipinski definition) is 7. The number of hydrogen-bond donors (Lipinski definition) is 8. The van der Waals surface area contributed by atoms with E-state index in [1.807, 2.05) is 0 Å². The van der Waals surface area contributed by atoms with Crippen LogP contribution in [0.4, 0.5) is 0 Å². The molecule has 34 heavy (non-hydrogen) atoms.